The van der Waals surface area contributed by atoms with Gasteiger partial charge in [0.15, 0.2) is 0 Å². The Kier molecular flexibility index (Phi) is 5.69. The van der Waals surface area contributed by atoms with E-state index >= 15 is 0 Å². The highest BCUT2D eigenvalue weighted by Gasteiger charge is 2.08. The molecule has 0 aliphatic carbocycles. The molecule has 1 amide bonds. The van der Waals surface area contributed by atoms with Crippen molar-refractivity contribution in [2.75, 3.05) is 11.9 Å². The zero-order valence-electron chi connectivity index (χ0n) is 12.5. The molecule has 0 radical (unpaired) electrons. The van der Waals surface area contributed by atoms with E-state index in [0.717, 1.165) is 16.9 Å². The average Bonchev–Trinajstić information content (AvgIpc) is 2.46. The van der Waals surface area contributed by atoms with E-state index in [0.29, 0.717) is 22.3 Å². The van der Waals surface area contributed by atoms with E-state index in [1.807, 2.05) is 32.0 Å². The van der Waals surface area contributed by atoms with Crippen LogP contribution in [0.15, 0.2) is 36.4 Å². The van der Waals surface area contributed by atoms with Crippen molar-refractivity contribution in [1.29, 1.82) is 0 Å². The Morgan fingerprint density at radius 3 is 2.68 bits per heavy atom. The molecule has 0 aliphatic heterocycles. The van der Waals surface area contributed by atoms with Crippen LogP contribution in [-0.2, 0) is 4.79 Å². The molecule has 0 atom stereocenters. The van der Waals surface area contributed by atoms with Gasteiger partial charge in [-0.2, -0.15) is 0 Å². The van der Waals surface area contributed by atoms with Gasteiger partial charge in [-0.1, -0.05) is 35.3 Å². The third-order valence-electron chi connectivity index (χ3n) is 3.13. The van der Waals surface area contributed by atoms with Crippen molar-refractivity contribution in [3.8, 4) is 5.75 Å². The molecule has 0 aromatic heterocycles. The van der Waals surface area contributed by atoms with Gasteiger partial charge in [0.25, 0.3) is 0 Å². The van der Waals surface area contributed by atoms with Gasteiger partial charge in [-0.15, -0.1) is 0 Å². The second kappa shape index (κ2) is 7.52. The number of hydrogen-bond donors (Lipinski definition) is 1. The lowest BCUT2D eigenvalue weighted by Crippen LogP contribution is -2.15. The first-order valence-electron chi connectivity index (χ1n) is 6.90. The fourth-order valence-corrected chi connectivity index (χ4v) is 2.26. The van der Waals surface area contributed by atoms with Crippen LogP contribution in [0.3, 0.4) is 0 Å². The Balaban J connectivity index is 1.88. The van der Waals surface area contributed by atoms with Crippen LogP contribution in [0.25, 0.3) is 0 Å². The van der Waals surface area contributed by atoms with Gasteiger partial charge < -0.3 is 10.1 Å². The first-order valence-corrected chi connectivity index (χ1v) is 7.66. The van der Waals surface area contributed by atoms with Gasteiger partial charge >= 0.3 is 0 Å². The van der Waals surface area contributed by atoms with Gasteiger partial charge in [0.2, 0.25) is 5.91 Å². The number of nitrogens with one attached hydrogen (secondary N) is 1. The highest BCUT2D eigenvalue weighted by molar-refractivity contribution is 6.35. The number of aryl methyl sites for hydroxylation is 2. The molecule has 3 nitrogen and oxygen atoms in total. The van der Waals surface area contributed by atoms with Crippen LogP contribution >= 0.6 is 23.2 Å². The summed E-state index contributed by atoms with van der Waals surface area (Å²) in [5.74, 6) is 0.628. The molecular formula is C17H17Cl2NO2. The SMILES string of the molecule is Cc1ccc(C)c(OCCC(=O)Nc2cc(Cl)ccc2Cl)c1. The van der Waals surface area contributed by atoms with Crippen LogP contribution < -0.4 is 10.1 Å². The maximum absolute atomic E-state index is 11.9. The molecule has 5 heteroatoms. The molecule has 0 bridgehead atoms. The number of ether oxygens (including phenoxy) is 1. The second-order valence-electron chi connectivity index (χ2n) is 5.04. The molecule has 0 saturated heterocycles. The van der Waals surface area contributed by atoms with Crippen molar-refractivity contribution in [3.05, 3.63) is 57.6 Å². The van der Waals surface area contributed by atoms with E-state index in [2.05, 4.69) is 5.32 Å². The molecule has 116 valence electrons. The first-order chi connectivity index (χ1) is 10.5. The lowest BCUT2D eigenvalue weighted by molar-refractivity contribution is -0.116. The van der Waals surface area contributed by atoms with Gasteiger partial charge in [-0.3, -0.25) is 4.79 Å². The summed E-state index contributed by atoms with van der Waals surface area (Å²) in [6.07, 6.45) is 0.232. The molecule has 1 N–H and O–H groups in total. The molecule has 2 aromatic rings. The molecule has 22 heavy (non-hydrogen) atoms. The van der Waals surface area contributed by atoms with E-state index < -0.39 is 0 Å². The van der Waals surface area contributed by atoms with Crippen LogP contribution in [-0.4, -0.2) is 12.5 Å². The predicted molar refractivity (Wildman–Crippen MR) is 91.1 cm³/mol. The van der Waals surface area contributed by atoms with E-state index in [9.17, 15) is 4.79 Å². The number of halogens is 2. The molecule has 0 fully saturated rings. The standard InChI is InChI=1S/C17H17Cl2NO2/c1-11-3-4-12(2)16(9-11)22-8-7-17(21)20-15-10-13(18)5-6-14(15)19/h3-6,9-10H,7-8H2,1-2H3,(H,20,21). The van der Waals surface area contributed by atoms with Crippen molar-refractivity contribution >= 4 is 34.8 Å². The number of hydrogen-bond acceptors (Lipinski definition) is 2. The highest BCUT2D eigenvalue weighted by atomic mass is 35.5. The fourth-order valence-electron chi connectivity index (χ4n) is 1.92. The van der Waals surface area contributed by atoms with Gasteiger partial charge in [0.1, 0.15) is 5.75 Å². The quantitative estimate of drug-likeness (QED) is 0.831. The summed E-state index contributed by atoms with van der Waals surface area (Å²) in [4.78, 5) is 11.9. The molecular weight excluding hydrogens is 321 g/mol. The van der Waals surface area contributed by atoms with Crippen LogP contribution in [0.2, 0.25) is 10.0 Å². The molecule has 2 rings (SSSR count). The van der Waals surface area contributed by atoms with Crippen LogP contribution in [0.5, 0.6) is 5.75 Å². The zero-order chi connectivity index (χ0) is 16.1. The third-order valence-corrected chi connectivity index (χ3v) is 3.70. The van der Waals surface area contributed by atoms with Gasteiger partial charge in [0.05, 0.1) is 23.7 Å². The average molecular weight is 338 g/mol. The summed E-state index contributed by atoms with van der Waals surface area (Å²) < 4.78 is 5.66. The smallest absolute Gasteiger partial charge is 0.227 e. The lowest BCUT2D eigenvalue weighted by Gasteiger charge is -2.11. The maximum atomic E-state index is 11.9. The van der Waals surface area contributed by atoms with Crippen molar-refractivity contribution in [1.82, 2.24) is 0 Å². The second-order valence-corrected chi connectivity index (χ2v) is 5.88. The summed E-state index contributed by atoms with van der Waals surface area (Å²) in [6, 6.07) is 10.9. The Morgan fingerprint density at radius 2 is 1.91 bits per heavy atom. The number of benzene rings is 2. The fraction of sp³-hybridized carbons (Fsp3) is 0.235. The normalized spacial score (nSPS) is 10.4. The Bertz CT molecular complexity index is 686. The third kappa shape index (κ3) is 4.65. The number of anilines is 1. The summed E-state index contributed by atoms with van der Waals surface area (Å²) in [5, 5.41) is 3.70. The molecule has 0 heterocycles. The largest absolute Gasteiger partial charge is 0.493 e. The van der Waals surface area contributed by atoms with E-state index in [1.54, 1.807) is 18.2 Å². The maximum Gasteiger partial charge on any atom is 0.227 e. The molecule has 0 unspecified atom stereocenters. The topological polar surface area (TPSA) is 38.3 Å². The van der Waals surface area contributed by atoms with Crippen molar-refractivity contribution in [2.45, 2.75) is 20.3 Å². The monoisotopic (exact) mass is 337 g/mol. The number of amides is 1. The molecule has 0 spiro atoms. The minimum Gasteiger partial charge on any atom is -0.493 e. The Hall–Kier alpha value is -1.71. The van der Waals surface area contributed by atoms with Gasteiger partial charge in [-0.05, 0) is 49.2 Å². The Labute approximate surface area is 140 Å². The predicted octanol–water partition coefficient (Wildman–Crippen LogP) is 5.02. The number of carbonyl (C=O) groups excluding carboxylic acids is 1. The Morgan fingerprint density at radius 1 is 1.14 bits per heavy atom. The van der Waals surface area contributed by atoms with Crippen molar-refractivity contribution < 1.29 is 9.53 Å². The molecule has 0 saturated carbocycles. The van der Waals surface area contributed by atoms with E-state index in [1.165, 1.54) is 0 Å². The summed E-state index contributed by atoms with van der Waals surface area (Å²) in [7, 11) is 0. The van der Waals surface area contributed by atoms with Gasteiger partial charge in [-0.25, -0.2) is 0 Å². The summed E-state index contributed by atoms with van der Waals surface area (Å²) in [6.45, 7) is 4.27. The highest BCUT2D eigenvalue weighted by Crippen LogP contribution is 2.25. The van der Waals surface area contributed by atoms with Gasteiger partial charge in [0, 0.05) is 5.02 Å². The van der Waals surface area contributed by atoms with Crippen LogP contribution in [0.4, 0.5) is 5.69 Å². The number of carbonyl (C=O) groups is 1. The summed E-state index contributed by atoms with van der Waals surface area (Å²) in [5.41, 5.74) is 2.67. The van der Waals surface area contributed by atoms with Crippen molar-refractivity contribution in [3.63, 3.8) is 0 Å². The van der Waals surface area contributed by atoms with Crippen LogP contribution in [0, 0.1) is 13.8 Å². The number of rotatable bonds is 5. The summed E-state index contributed by atoms with van der Waals surface area (Å²) >= 11 is 11.9. The minimum absolute atomic E-state index is 0.172. The molecule has 2 aromatic carbocycles. The lowest BCUT2D eigenvalue weighted by atomic mass is 10.1. The van der Waals surface area contributed by atoms with Crippen LogP contribution in [0.1, 0.15) is 17.5 Å². The van der Waals surface area contributed by atoms with E-state index in [-0.39, 0.29) is 12.3 Å². The molecule has 0 aliphatic rings. The van der Waals surface area contributed by atoms with Crippen molar-refractivity contribution in [2.24, 2.45) is 0 Å². The zero-order valence-corrected chi connectivity index (χ0v) is 14.0. The minimum atomic E-state index is -0.172. The first kappa shape index (κ1) is 16.7. The van der Waals surface area contributed by atoms with E-state index in [4.69, 9.17) is 27.9 Å².